The van der Waals surface area contributed by atoms with Crippen molar-refractivity contribution >= 4 is 11.9 Å². The molecule has 0 saturated carbocycles. The van der Waals surface area contributed by atoms with Gasteiger partial charge in [0.1, 0.15) is 0 Å². The Morgan fingerprint density at radius 3 is 2.31 bits per heavy atom. The van der Waals surface area contributed by atoms with Crippen molar-refractivity contribution in [2.45, 2.75) is 47.0 Å². The minimum absolute atomic E-state index is 0.00723. The van der Waals surface area contributed by atoms with Crippen LogP contribution >= 0.6 is 0 Å². The molecule has 0 saturated heterocycles. The third-order valence-electron chi connectivity index (χ3n) is 2.86. The Labute approximate surface area is 97.4 Å². The van der Waals surface area contributed by atoms with Gasteiger partial charge in [-0.15, -0.1) is 0 Å². The van der Waals surface area contributed by atoms with E-state index in [1.807, 2.05) is 0 Å². The first-order valence-electron chi connectivity index (χ1n) is 5.72. The molecule has 0 aromatic carbocycles. The zero-order chi connectivity index (χ0) is 12.8. The number of carbonyl (C=O) groups is 2. The second-order valence-corrected chi connectivity index (χ2v) is 5.32. The molecule has 4 heteroatoms. The van der Waals surface area contributed by atoms with Crippen molar-refractivity contribution in [2.24, 2.45) is 11.3 Å². The number of carboxylic acid groups (broad SMARTS) is 1. The summed E-state index contributed by atoms with van der Waals surface area (Å²) in [6.07, 6.45) is 1.09. The smallest absolute Gasteiger partial charge is 0.303 e. The van der Waals surface area contributed by atoms with E-state index < -0.39 is 5.97 Å². The highest BCUT2D eigenvalue weighted by Crippen LogP contribution is 2.27. The minimum Gasteiger partial charge on any atom is -0.481 e. The summed E-state index contributed by atoms with van der Waals surface area (Å²) in [6.45, 7) is 8.82. The monoisotopic (exact) mass is 229 g/mol. The molecule has 2 N–H and O–H groups in total. The molecule has 0 aliphatic rings. The van der Waals surface area contributed by atoms with Gasteiger partial charge in [0.05, 0.1) is 0 Å². The van der Waals surface area contributed by atoms with E-state index in [1.165, 1.54) is 0 Å². The fourth-order valence-corrected chi connectivity index (χ4v) is 1.12. The third kappa shape index (κ3) is 7.26. The van der Waals surface area contributed by atoms with Gasteiger partial charge in [-0.3, -0.25) is 9.59 Å². The fraction of sp³-hybridized carbons (Fsp3) is 0.833. The molecule has 4 nitrogen and oxygen atoms in total. The normalized spacial score (nSPS) is 13.2. The predicted octanol–water partition coefficient (Wildman–Crippen LogP) is 2.04. The van der Waals surface area contributed by atoms with Crippen molar-refractivity contribution in [1.82, 2.24) is 5.32 Å². The largest absolute Gasteiger partial charge is 0.481 e. The van der Waals surface area contributed by atoms with Crippen LogP contribution in [0.1, 0.15) is 47.0 Å². The molecule has 0 spiro atoms. The Morgan fingerprint density at radius 1 is 1.31 bits per heavy atom. The van der Waals surface area contributed by atoms with Gasteiger partial charge in [-0.25, -0.2) is 0 Å². The predicted molar refractivity (Wildman–Crippen MR) is 63.1 cm³/mol. The highest BCUT2D eigenvalue weighted by Gasteiger charge is 2.22. The SMILES string of the molecule is C[C@H](CC(=O)NCCCC(=O)O)C(C)(C)C. The summed E-state index contributed by atoms with van der Waals surface area (Å²) in [7, 11) is 0. The van der Waals surface area contributed by atoms with Gasteiger partial charge >= 0.3 is 5.97 Å². The zero-order valence-electron chi connectivity index (χ0n) is 10.7. The lowest BCUT2D eigenvalue weighted by Gasteiger charge is -2.26. The number of rotatable bonds is 6. The van der Waals surface area contributed by atoms with Crippen molar-refractivity contribution < 1.29 is 14.7 Å². The van der Waals surface area contributed by atoms with Crippen LogP contribution in [-0.2, 0) is 9.59 Å². The Hall–Kier alpha value is -1.06. The molecule has 0 radical (unpaired) electrons. The fourth-order valence-electron chi connectivity index (χ4n) is 1.12. The van der Waals surface area contributed by atoms with E-state index in [4.69, 9.17) is 5.11 Å². The van der Waals surface area contributed by atoms with Crippen molar-refractivity contribution in [1.29, 1.82) is 0 Å². The van der Waals surface area contributed by atoms with Crippen molar-refractivity contribution in [2.75, 3.05) is 6.54 Å². The van der Waals surface area contributed by atoms with Gasteiger partial charge in [0.15, 0.2) is 0 Å². The maximum Gasteiger partial charge on any atom is 0.303 e. The van der Waals surface area contributed by atoms with Crippen LogP contribution in [0.4, 0.5) is 0 Å². The molecular formula is C12H23NO3. The average Bonchev–Trinajstić information content (AvgIpc) is 2.10. The second-order valence-electron chi connectivity index (χ2n) is 5.32. The van der Waals surface area contributed by atoms with E-state index >= 15 is 0 Å². The summed E-state index contributed by atoms with van der Waals surface area (Å²) in [5.41, 5.74) is 0.123. The Balaban J connectivity index is 3.71. The number of amides is 1. The molecule has 0 aliphatic heterocycles. The molecule has 1 atom stereocenters. The summed E-state index contributed by atoms with van der Waals surface area (Å²) in [5, 5.41) is 11.2. The highest BCUT2D eigenvalue weighted by atomic mass is 16.4. The number of hydrogen-bond donors (Lipinski definition) is 2. The summed E-state index contributed by atoms with van der Waals surface area (Å²) < 4.78 is 0. The molecule has 16 heavy (non-hydrogen) atoms. The maximum absolute atomic E-state index is 11.5. The summed E-state index contributed by atoms with van der Waals surface area (Å²) in [4.78, 5) is 21.7. The number of aliphatic carboxylic acids is 1. The quantitative estimate of drug-likeness (QED) is 0.685. The molecule has 0 aromatic rings. The van der Waals surface area contributed by atoms with Crippen molar-refractivity contribution in [3.63, 3.8) is 0 Å². The van der Waals surface area contributed by atoms with Crippen LogP contribution in [0.15, 0.2) is 0 Å². The number of carbonyl (C=O) groups excluding carboxylic acids is 1. The van der Waals surface area contributed by atoms with Crippen LogP contribution in [-0.4, -0.2) is 23.5 Å². The van der Waals surface area contributed by atoms with E-state index in [0.717, 1.165) is 0 Å². The van der Waals surface area contributed by atoms with Gasteiger partial charge in [-0.05, 0) is 17.8 Å². The Bertz CT molecular complexity index is 243. The van der Waals surface area contributed by atoms with Crippen molar-refractivity contribution in [3.8, 4) is 0 Å². The molecule has 0 heterocycles. The van der Waals surface area contributed by atoms with Crippen LogP contribution in [0.25, 0.3) is 0 Å². The molecule has 94 valence electrons. The molecule has 0 rings (SSSR count). The first-order chi connectivity index (χ1) is 7.23. The minimum atomic E-state index is -0.822. The third-order valence-corrected chi connectivity index (χ3v) is 2.86. The maximum atomic E-state index is 11.5. The van der Waals surface area contributed by atoms with E-state index in [2.05, 4.69) is 33.0 Å². The van der Waals surface area contributed by atoms with Gasteiger partial charge in [-0.2, -0.15) is 0 Å². The number of carboxylic acids is 1. The first-order valence-corrected chi connectivity index (χ1v) is 5.72. The van der Waals surface area contributed by atoms with Crippen LogP contribution in [0.3, 0.4) is 0 Å². The molecule has 0 aromatic heterocycles. The molecule has 0 unspecified atom stereocenters. The lowest BCUT2D eigenvalue weighted by molar-refractivity contribution is -0.137. The molecule has 0 bridgehead atoms. The first kappa shape index (κ1) is 14.9. The topological polar surface area (TPSA) is 66.4 Å². The van der Waals surface area contributed by atoms with E-state index in [9.17, 15) is 9.59 Å². The van der Waals surface area contributed by atoms with Gasteiger partial charge < -0.3 is 10.4 Å². The standard InChI is InChI=1S/C12H23NO3/c1-9(12(2,3)4)8-10(14)13-7-5-6-11(15)16/h9H,5-8H2,1-4H3,(H,13,14)(H,15,16)/t9-/m1/s1. The van der Waals surface area contributed by atoms with Crippen LogP contribution in [0, 0.1) is 11.3 Å². The van der Waals surface area contributed by atoms with Gasteiger partial charge in [0.25, 0.3) is 0 Å². The summed E-state index contributed by atoms with van der Waals surface area (Å²) in [6, 6.07) is 0. The van der Waals surface area contributed by atoms with Crippen molar-refractivity contribution in [3.05, 3.63) is 0 Å². The average molecular weight is 229 g/mol. The summed E-state index contributed by atoms with van der Waals surface area (Å²) >= 11 is 0. The number of hydrogen-bond acceptors (Lipinski definition) is 2. The van der Waals surface area contributed by atoms with Gasteiger partial charge in [0, 0.05) is 19.4 Å². The second kappa shape index (κ2) is 6.51. The lowest BCUT2D eigenvalue weighted by Crippen LogP contribution is -2.29. The molecule has 0 fully saturated rings. The van der Waals surface area contributed by atoms with E-state index in [1.54, 1.807) is 0 Å². The van der Waals surface area contributed by atoms with Crippen LogP contribution < -0.4 is 5.32 Å². The van der Waals surface area contributed by atoms with Crippen LogP contribution in [0.5, 0.6) is 0 Å². The van der Waals surface area contributed by atoms with Gasteiger partial charge in [0.2, 0.25) is 5.91 Å². The van der Waals surface area contributed by atoms with Gasteiger partial charge in [-0.1, -0.05) is 27.7 Å². The molecular weight excluding hydrogens is 206 g/mol. The van der Waals surface area contributed by atoms with Crippen LogP contribution in [0.2, 0.25) is 0 Å². The lowest BCUT2D eigenvalue weighted by atomic mass is 9.80. The van der Waals surface area contributed by atoms with E-state index in [-0.39, 0.29) is 17.7 Å². The molecule has 1 amide bonds. The highest BCUT2D eigenvalue weighted by molar-refractivity contribution is 5.76. The van der Waals surface area contributed by atoms with E-state index in [0.29, 0.717) is 25.3 Å². The Kier molecular flexibility index (Phi) is 6.08. The summed E-state index contributed by atoms with van der Waals surface area (Å²) in [5.74, 6) is -0.503. The molecule has 0 aliphatic carbocycles. The number of nitrogens with one attached hydrogen (secondary N) is 1. The zero-order valence-corrected chi connectivity index (χ0v) is 10.7. The Morgan fingerprint density at radius 2 is 1.88 bits per heavy atom.